The number of nitrogens with one attached hydrogen (secondary N) is 2. The molecule has 3 aromatic heterocycles. The third kappa shape index (κ3) is 5.59. The minimum Gasteiger partial charge on any atom is -0.387 e. The number of hydrogen-bond donors (Lipinski definition) is 3. The van der Waals surface area contributed by atoms with Crippen molar-refractivity contribution in [1.29, 1.82) is 5.26 Å². The molecular formula is C22H25F2N7O2. The minimum absolute atomic E-state index is 0.142. The van der Waals surface area contributed by atoms with Gasteiger partial charge in [0.05, 0.1) is 59.3 Å². The second kappa shape index (κ2) is 9.87. The Labute approximate surface area is 189 Å². The van der Waals surface area contributed by atoms with Gasteiger partial charge in [-0.15, -0.1) is 0 Å². The molecule has 0 saturated carbocycles. The first-order valence-corrected chi connectivity index (χ1v) is 10.3. The summed E-state index contributed by atoms with van der Waals surface area (Å²) in [6, 6.07) is 3.32. The topological polar surface area (TPSA) is 128 Å². The molecule has 0 radical (unpaired) electrons. The molecule has 3 aromatic rings. The number of carbonyl (C=O) groups excluding carboxylic acids is 1. The number of rotatable bonds is 9. The van der Waals surface area contributed by atoms with Crippen molar-refractivity contribution in [2.24, 2.45) is 0 Å². The fourth-order valence-electron chi connectivity index (χ4n) is 3.04. The Kier molecular flexibility index (Phi) is 7.18. The van der Waals surface area contributed by atoms with E-state index >= 15 is 0 Å². The Morgan fingerprint density at radius 3 is 2.76 bits per heavy atom. The van der Waals surface area contributed by atoms with E-state index in [1.807, 2.05) is 6.07 Å². The molecule has 0 aromatic carbocycles. The molecule has 9 nitrogen and oxygen atoms in total. The van der Waals surface area contributed by atoms with Crippen LogP contribution >= 0.6 is 0 Å². The lowest BCUT2D eigenvalue weighted by Crippen LogP contribution is -2.42. The number of anilines is 1. The SMILES string of the molecule is CC(CCF)Nc1cc(-c2cnn3cc(C#N)cnc23)ncc1C(=O)NCC(F)C(C)(C)O. The van der Waals surface area contributed by atoms with E-state index in [9.17, 15) is 18.7 Å². The predicted molar refractivity (Wildman–Crippen MR) is 118 cm³/mol. The lowest BCUT2D eigenvalue weighted by Gasteiger charge is -2.23. The summed E-state index contributed by atoms with van der Waals surface area (Å²) < 4.78 is 28.4. The van der Waals surface area contributed by atoms with Crippen LogP contribution < -0.4 is 10.6 Å². The number of nitrogens with zero attached hydrogens (tertiary/aromatic N) is 5. The fraction of sp³-hybridized carbons (Fsp3) is 0.409. The van der Waals surface area contributed by atoms with Crippen molar-refractivity contribution in [3.63, 3.8) is 0 Å². The van der Waals surface area contributed by atoms with Crippen molar-refractivity contribution in [1.82, 2.24) is 24.9 Å². The van der Waals surface area contributed by atoms with Crippen molar-refractivity contribution in [2.45, 2.75) is 45.0 Å². The van der Waals surface area contributed by atoms with Gasteiger partial charge in [-0.25, -0.2) is 13.9 Å². The van der Waals surface area contributed by atoms with Crippen LogP contribution in [0.5, 0.6) is 0 Å². The number of aromatic nitrogens is 4. The van der Waals surface area contributed by atoms with Crippen LogP contribution in [0.1, 0.15) is 43.1 Å². The number of halogens is 2. The Morgan fingerprint density at radius 1 is 1.33 bits per heavy atom. The monoisotopic (exact) mass is 457 g/mol. The number of pyridine rings is 1. The number of nitriles is 1. The summed E-state index contributed by atoms with van der Waals surface area (Å²) in [7, 11) is 0. The zero-order chi connectivity index (χ0) is 24.2. The number of alkyl halides is 2. The summed E-state index contributed by atoms with van der Waals surface area (Å²) in [5.74, 6) is -0.590. The number of carbonyl (C=O) groups is 1. The highest BCUT2D eigenvalue weighted by Crippen LogP contribution is 2.27. The zero-order valence-corrected chi connectivity index (χ0v) is 18.5. The largest absolute Gasteiger partial charge is 0.387 e. The second-order valence-electron chi connectivity index (χ2n) is 8.25. The summed E-state index contributed by atoms with van der Waals surface area (Å²) in [5, 5.41) is 28.5. The smallest absolute Gasteiger partial charge is 0.255 e. The standard InChI is InChI=1S/C22H25F2N7O2/c1-13(4-5-23)30-18-6-17(15-10-29-31-12-14(7-25)8-27-20(15)31)26-9-16(18)21(32)28-11-19(24)22(2,3)33/h6,8-10,12-13,19,33H,4-5,11H2,1-3H3,(H,26,30)(H,28,32). The summed E-state index contributed by atoms with van der Waals surface area (Å²) in [6.45, 7) is 3.48. The van der Waals surface area contributed by atoms with Crippen LogP contribution in [0.15, 0.2) is 30.9 Å². The Hall–Kier alpha value is -3.65. The van der Waals surface area contributed by atoms with Crippen LogP contribution in [-0.4, -0.2) is 61.6 Å². The molecule has 0 saturated heterocycles. The summed E-state index contributed by atoms with van der Waals surface area (Å²) >= 11 is 0. The van der Waals surface area contributed by atoms with Crippen LogP contribution in [-0.2, 0) is 0 Å². The summed E-state index contributed by atoms with van der Waals surface area (Å²) in [6.07, 6.45) is 4.38. The lowest BCUT2D eigenvalue weighted by atomic mass is 10.0. The third-order valence-electron chi connectivity index (χ3n) is 5.06. The predicted octanol–water partition coefficient (Wildman–Crippen LogP) is 2.66. The number of aliphatic hydroxyl groups is 1. The number of amides is 1. The van der Waals surface area contributed by atoms with E-state index in [4.69, 9.17) is 5.26 Å². The van der Waals surface area contributed by atoms with Gasteiger partial charge < -0.3 is 15.7 Å². The quantitative estimate of drug-likeness (QED) is 0.451. The maximum absolute atomic E-state index is 14.1. The van der Waals surface area contributed by atoms with Crippen molar-refractivity contribution < 1.29 is 18.7 Å². The highest BCUT2D eigenvalue weighted by Gasteiger charge is 2.27. The molecule has 33 heavy (non-hydrogen) atoms. The molecule has 0 aliphatic carbocycles. The van der Waals surface area contributed by atoms with Crippen molar-refractivity contribution in [3.8, 4) is 17.3 Å². The third-order valence-corrected chi connectivity index (χ3v) is 5.06. The van der Waals surface area contributed by atoms with Gasteiger partial charge in [0.25, 0.3) is 5.91 Å². The molecule has 0 bridgehead atoms. The average molecular weight is 457 g/mol. The van der Waals surface area contributed by atoms with E-state index < -0.39 is 24.4 Å². The molecule has 0 fully saturated rings. The van der Waals surface area contributed by atoms with Gasteiger partial charge >= 0.3 is 0 Å². The van der Waals surface area contributed by atoms with Gasteiger partial charge in [0, 0.05) is 18.4 Å². The molecule has 0 spiro atoms. The van der Waals surface area contributed by atoms with Crippen molar-refractivity contribution in [3.05, 3.63) is 42.0 Å². The average Bonchev–Trinajstić information content (AvgIpc) is 3.19. The molecule has 0 aliphatic heterocycles. The maximum atomic E-state index is 14.1. The Bertz CT molecular complexity index is 1180. The number of fused-ring (bicyclic) bond motifs is 1. The van der Waals surface area contributed by atoms with Crippen LogP contribution in [0.4, 0.5) is 14.5 Å². The zero-order valence-electron chi connectivity index (χ0n) is 18.5. The lowest BCUT2D eigenvalue weighted by molar-refractivity contribution is -0.00177. The molecule has 3 heterocycles. The van der Waals surface area contributed by atoms with E-state index in [1.54, 1.807) is 13.0 Å². The molecule has 3 N–H and O–H groups in total. The Morgan fingerprint density at radius 2 is 2.09 bits per heavy atom. The maximum Gasteiger partial charge on any atom is 0.255 e. The fourth-order valence-corrected chi connectivity index (χ4v) is 3.04. The highest BCUT2D eigenvalue weighted by atomic mass is 19.1. The van der Waals surface area contributed by atoms with Gasteiger partial charge in [-0.3, -0.25) is 14.2 Å². The minimum atomic E-state index is -1.67. The number of hydrogen-bond acceptors (Lipinski definition) is 7. The van der Waals surface area contributed by atoms with E-state index in [1.165, 1.54) is 43.2 Å². The van der Waals surface area contributed by atoms with E-state index in [0.29, 0.717) is 28.2 Å². The van der Waals surface area contributed by atoms with Gasteiger partial charge in [0.15, 0.2) is 5.65 Å². The Balaban J connectivity index is 1.95. The molecule has 2 atom stereocenters. The van der Waals surface area contributed by atoms with Crippen molar-refractivity contribution >= 4 is 17.2 Å². The van der Waals surface area contributed by atoms with Gasteiger partial charge in [0.2, 0.25) is 0 Å². The first-order valence-electron chi connectivity index (χ1n) is 10.3. The normalized spacial score (nSPS) is 13.4. The van der Waals surface area contributed by atoms with Gasteiger partial charge in [0.1, 0.15) is 12.2 Å². The molecule has 174 valence electrons. The van der Waals surface area contributed by atoms with E-state index in [-0.39, 0.29) is 24.6 Å². The summed E-state index contributed by atoms with van der Waals surface area (Å²) in [5.41, 5.74) is 0.748. The van der Waals surface area contributed by atoms with Gasteiger partial charge in [-0.2, -0.15) is 10.4 Å². The van der Waals surface area contributed by atoms with E-state index in [0.717, 1.165) is 0 Å². The molecule has 11 heteroatoms. The van der Waals surface area contributed by atoms with Crippen molar-refractivity contribution in [2.75, 3.05) is 18.5 Å². The molecular weight excluding hydrogens is 432 g/mol. The molecule has 0 aliphatic rings. The van der Waals surface area contributed by atoms with Crippen LogP contribution in [0, 0.1) is 11.3 Å². The molecule has 1 amide bonds. The molecule has 2 unspecified atom stereocenters. The van der Waals surface area contributed by atoms with Gasteiger partial charge in [-0.1, -0.05) is 0 Å². The highest BCUT2D eigenvalue weighted by molar-refractivity contribution is 6.00. The first kappa shape index (κ1) is 24.0. The van der Waals surface area contributed by atoms with Gasteiger partial charge in [-0.05, 0) is 33.3 Å². The molecule has 3 rings (SSSR count). The van der Waals surface area contributed by atoms with E-state index in [2.05, 4.69) is 25.7 Å². The van der Waals surface area contributed by atoms with Crippen LogP contribution in [0.25, 0.3) is 16.9 Å². The summed E-state index contributed by atoms with van der Waals surface area (Å²) in [4.78, 5) is 21.4. The second-order valence-corrected chi connectivity index (χ2v) is 8.25. The van der Waals surface area contributed by atoms with Crippen LogP contribution in [0.3, 0.4) is 0 Å². The first-order chi connectivity index (χ1) is 15.6. The van der Waals surface area contributed by atoms with Crippen LogP contribution in [0.2, 0.25) is 0 Å².